The number of hydrogen-bond acceptors (Lipinski definition) is 3. The maximum atomic E-state index is 11.8. The van der Waals surface area contributed by atoms with Crippen LogP contribution in [0.4, 0.5) is 0 Å². The number of fused-ring (bicyclic) bond motifs is 1. The summed E-state index contributed by atoms with van der Waals surface area (Å²) in [6, 6.07) is 3.93. The van der Waals surface area contributed by atoms with E-state index in [0.29, 0.717) is 18.7 Å². The van der Waals surface area contributed by atoms with Gasteiger partial charge in [0.25, 0.3) is 0 Å². The third-order valence-electron chi connectivity index (χ3n) is 4.45. The van der Waals surface area contributed by atoms with Gasteiger partial charge in [-0.3, -0.25) is 0 Å². The monoisotopic (exact) mass is 317 g/mol. The second-order valence-electron chi connectivity index (χ2n) is 6.32. The predicted octanol–water partition coefficient (Wildman–Crippen LogP) is 2.62. The topological polar surface area (TPSA) is 94.3 Å². The molecule has 1 aromatic heterocycles. The molecule has 0 aliphatic heterocycles. The molecular formula is C18H27N3O2. The maximum Gasteiger partial charge on any atom is 0.337 e. The van der Waals surface area contributed by atoms with Gasteiger partial charge in [0.2, 0.25) is 0 Å². The minimum atomic E-state index is -0.886. The van der Waals surface area contributed by atoms with Crippen LogP contribution in [0.5, 0.6) is 0 Å². The molecular weight excluding hydrogens is 290 g/mol. The molecule has 5 nitrogen and oxygen atoms in total. The van der Waals surface area contributed by atoms with Crippen molar-refractivity contribution in [3.8, 4) is 0 Å². The Hall–Kier alpha value is -1.85. The van der Waals surface area contributed by atoms with Crippen LogP contribution in [-0.4, -0.2) is 28.7 Å². The molecule has 5 N–H and O–H groups in total. The summed E-state index contributed by atoms with van der Waals surface area (Å²) in [6.45, 7) is 8.05. The van der Waals surface area contributed by atoms with Gasteiger partial charge in [-0.05, 0) is 62.0 Å². The van der Waals surface area contributed by atoms with Crippen molar-refractivity contribution < 1.29 is 9.90 Å². The third-order valence-corrected chi connectivity index (χ3v) is 4.45. The number of nitrogens with zero attached hydrogens (tertiary/aromatic N) is 1. The normalized spacial score (nSPS) is 11.6. The van der Waals surface area contributed by atoms with Crippen LogP contribution in [0.1, 0.15) is 53.4 Å². The average Bonchev–Trinajstić information content (AvgIpc) is 2.77. The van der Waals surface area contributed by atoms with Crippen molar-refractivity contribution in [3.05, 3.63) is 34.5 Å². The first-order valence-corrected chi connectivity index (χ1v) is 8.21. The van der Waals surface area contributed by atoms with Crippen LogP contribution in [0.15, 0.2) is 12.1 Å². The van der Waals surface area contributed by atoms with Crippen molar-refractivity contribution in [2.45, 2.75) is 46.1 Å². The lowest BCUT2D eigenvalue weighted by atomic mass is 9.96. The number of carboxylic acids is 1. The summed E-state index contributed by atoms with van der Waals surface area (Å²) in [4.78, 5) is 11.8. The molecule has 23 heavy (non-hydrogen) atoms. The molecule has 0 aliphatic rings. The zero-order valence-electron chi connectivity index (χ0n) is 14.2. The van der Waals surface area contributed by atoms with Gasteiger partial charge in [-0.1, -0.05) is 13.8 Å². The van der Waals surface area contributed by atoms with E-state index in [-0.39, 0.29) is 5.92 Å². The van der Waals surface area contributed by atoms with Crippen molar-refractivity contribution in [1.82, 2.24) is 4.57 Å². The van der Waals surface area contributed by atoms with Gasteiger partial charge in [0.05, 0.1) is 11.1 Å². The summed E-state index contributed by atoms with van der Waals surface area (Å²) in [5.74, 6) is -0.612. The van der Waals surface area contributed by atoms with Crippen LogP contribution in [0, 0.1) is 6.92 Å². The quantitative estimate of drug-likeness (QED) is 0.731. The highest BCUT2D eigenvalue weighted by atomic mass is 16.4. The number of benzene rings is 1. The molecule has 0 saturated carbocycles. The third kappa shape index (κ3) is 3.26. The van der Waals surface area contributed by atoms with Gasteiger partial charge < -0.3 is 21.1 Å². The molecule has 0 amide bonds. The van der Waals surface area contributed by atoms with E-state index in [2.05, 4.69) is 24.5 Å². The number of rotatable bonds is 7. The number of carbonyl (C=O) groups is 1. The number of hydrogen-bond donors (Lipinski definition) is 3. The van der Waals surface area contributed by atoms with Crippen LogP contribution < -0.4 is 11.5 Å². The summed E-state index contributed by atoms with van der Waals surface area (Å²) in [7, 11) is 0. The molecule has 126 valence electrons. The lowest BCUT2D eigenvalue weighted by Gasteiger charge is -2.12. The second-order valence-corrected chi connectivity index (χ2v) is 6.32. The van der Waals surface area contributed by atoms with Crippen LogP contribution in [0.2, 0.25) is 0 Å². The molecule has 2 aromatic rings. The van der Waals surface area contributed by atoms with Gasteiger partial charge >= 0.3 is 5.97 Å². The molecule has 0 aliphatic carbocycles. The summed E-state index contributed by atoms with van der Waals surface area (Å²) in [5, 5.41) is 10.7. The summed E-state index contributed by atoms with van der Waals surface area (Å²) in [6.07, 6.45) is 1.57. The second kappa shape index (κ2) is 7.15. The van der Waals surface area contributed by atoms with Gasteiger partial charge in [-0.2, -0.15) is 0 Å². The largest absolute Gasteiger partial charge is 0.478 e. The van der Waals surface area contributed by atoms with Crippen LogP contribution >= 0.6 is 0 Å². The van der Waals surface area contributed by atoms with E-state index in [1.807, 2.05) is 6.92 Å². The molecule has 0 saturated heterocycles. The Balaban J connectivity index is 2.83. The first kappa shape index (κ1) is 17.5. The lowest BCUT2D eigenvalue weighted by molar-refractivity contribution is 0.0698. The Bertz CT molecular complexity index is 717. The number of carboxylic acid groups (broad SMARTS) is 1. The van der Waals surface area contributed by atoms with Crippen molar-refractivity contribution >= 4 is 16.9 Å². The van der Waals surface area contributed by atoms with E-state index in [4.69, 9.17) is 11.5 Å². The molecule has 0 atom stereocenters. The first-order chi connectivity index (χ1) is 10.9. The molecule has 1 heterocycles. The standard InChI is InChI=1S/C18H27N3O2/c1-11(2)13-9-15-14(5-7-20)12(3)21(8-4-6-19)17(15)16(10-13)18(22)23/h9-11H,4-8,19-20H2,1-3H3,(H,22,23). The highest BCUT2D eigenvalue weighted by Gasteiger charge is 2.21. The Morgan fingerprint density at radius 1 is 1.26 bits per heavy atom. The predicted molar refractivity (Wildman–Crippen MR) is 94.2 cm³/mol. The summed E-state index contributed by atoms with van der Waals surface area (Å²) < 4.78 is 2.10. The minimum absolute atomic E-state index is 0.274. The molecule has 0 fully saturated rings. The smallest absolute Gasteiger partial charge is 0.337 e. The van der Waals surface area contributed by atoms with Gasteiger partial charge in [0.1, 0.15) is 0 Å². The SMILES string of the molecule is Cc1c(CCN)c2cc(C(C)C)cc(C(=O)O)c2n1CCCN. The Morgan fingerprint density at radius 2 is 1.96 bits per heavy atom. The zero-order chi connectivity index (χ0) is 17.1. The number of aromatic carboxylic acids is 1. The van der Waals surface area contributed by atoms with Gasteiger partial charge in [-0.25, -0.2) is 4.79 Å². The zero-order valence-corrected chi connectivity index (χ0v) is 14.2. The number of aromatic nitrogens is 1. The van der Waals surface area contributed by atoms with E-state index in [1.54, 1.807) is 6.07 Å². The van der Waals surface area contributed by atoms with Crippen LogP contribution in [-0.2, 0) is 13.0 Å². The molecule has 0 spiro atoms. The van der Waals surface area contributed by atoms with Crippen molar-refractivity contribution in [1.29, 1.82) is 0 Å². The fraction of sp³-hybridized carbons (Fsp3) is 0.500. The number of aryl methyl sites for hydroxylation is 1. The molecule has 2 rings (SSSR count). The molecule has 0 radical (unpaired) electrons. The molecule has 0 unspecified atom stereocenters. The van der Waals surface area contributed by atoms with Crippen molar-refractivity contribution in [2.24, 2.45) is 11.5 Å². The van der Waals surface area contributed by atoms with Gasteiger partial charge in [0, 0.05) is 17.6 Å². The minimum Gasteiger partial charge on any atom is -0.478 e. The summed E-state index contributed by atoms with van der Waals surface area (Å²) >= 11 is 0. The average molecular weight is 317 g/mol. The van der Waals surface area contributed by atoms with E-state index >= 15 is 0 Å². The van der Waals surface area contributed by atoms with E-state index < -0.39 is 5.97 Å². The van der Waals surface area contributed by atoms with Crippen LogP contribution in [0.3, 0.4) is 0 Å². The fourth-order valence-electron chi connectivity index (χ4n) is 3.19. The van der Waals surface area contributed by atoms with E-state index in [9.17, 15) is 9.90 Å². The Labute approximate surface area is 137 Å². The Morgan fingerprint density at radius 3 is 2.48 bits per heavy atom. The van der Waals surface area contributed by atoms with E-state index in [0.717, 1.165) is 47.1 Å². The fourth-order valence-corrected chi connectivity index (χ4v) is 3.19. The first-order valence-electron chi connectivity index (χ1n) is 8.21. The Kier molecular flexibility index (Phi) is 5.44. The van der Waals surface area contributed by atoms with Crippen LogP contribution in [0.25, 0.3) is 10.9 Å². The molecule has 1 aromatic carbocycles. The van der Waals surface area contributed by atoms with Gasteiger partial charge in [-0.15, -0.1) is 0 Å². The van der Waals surface area contributed by atoms with Crippen molar-refractivity contribution in [3.63, 3.8) is 0 Å². The van der Waals surface area contributed by atoms with E-state index in [1.165, 1.54) is 0 Å². The summed E-state index contributed by atoms with van der Waals surface area (Å²) in [5.41, 5.74) is 15.9. The lowest BCUT2D eigenvalue weighted by Crippen LogP contribution is -2.10. The van der Waals surface area contributed by atoms with Gasteiger partial charge in [0.15, 0.2) is 0 Å². The number of nitrogens with two attached hydrogens (primary N) is 2. The highest BCUT2D eigenvalue weighted by Crippen LogP contribution is 2.32. The highest BCUT2D eigenvalue weighted by molar-refractivity contribution is 6.04. The van der Waals surface area contributed by atoms with Crippen molar-refractivity contribution in [2.75, 3.05) is 13.1 Å². The molecule has 0 bridgehead atoms. The molecule has 5 heteroatoms. The maximum absolute atomic E-state index is 11.8.